The molecule has 104 valence electrons. The molecule has 0 spiro atoms. The van der Waals surface area contributed by atoms with Crippen LogP contribution in [0.2, 0.25) is 5.02 Å². The molecule has 1 heterocycles. The molecule has 1 aromatic rings. The molecule has 4 nitrogen and oxygen atoms in total. The Morgan fingerprint density at radius 1 is 1.32 bits per heavy atom. The summed E-state index contributed by atoms with van der Waals surface area (Å²) in [7, 11) is 0. The van der Waals surface area contributed by atoms with Crippen molar-refractivity contribution in [3.8, 4) is 0 Å². The highest BCUT2D eigenvalue weighted by molar-refractivity contribution is 6.31. The number of amides is 1. The van der Waals surface area contributed by atoms with Gasteiger partial charge in [0, 0.05) is 37.6 Å². The zero-order valence-electron chi connectivity index (χ0n) is 11.2. The maximum atomic E-state index is 11.8. The van der Waals surface area contributed by atoms with Crippen LogP contribution in [0, 0.1) is 0 Å². The third-order valence-corrected chi connectivity index (χ3v) is 3.66. The van der Waals surface area contributed by atoms with Crippen molar-refractivity contribution in [3.05, 3.63) is 23.2 Å². The Bertz CT molecular complexity index is 456. The molecule has 1 fully saturated rings. The molecular formula is C14H20ClN3O. The van der Waals surface area contributed by atoms with Gasteiger partial charge in [0.05, 0.1) is 11.4 Å². The second kappa shape index (κ2) is 6.15. The lowest BCUT2D eigenvalue weighted by molar-refractivity contribution is -0.131. The molecule has 5 heteroatoms. The van der Waals surface area contributed by atoms with Gasteiger partial charge in [0.25, 0.3) is 0 Å². The fraction of sp³-hybridized carbons (Fsp3) is 0.500. The number of halogens is 1. The Morgan fingerprint density at radius 2 is 2.00 bits per heavy atom. The van der Waals surface area contributed by atoms with Crippen LogP contribution in [0.3, 0.4) is 0 Å². The molecule has 0 aromatic heterocycles. The zero-order valence-corrected chi connectivity index (χ0v) is 12.0. The van der Waals surface area contributed by atoms with Gasteiger partial charge in [0.1, 0.15) is 0 Å². The van der Waals surface area contributed by atoms with E-state index in [0.717, 1.165) is 38.3 Å². The van der Waals surface area contributed by atoms with E-state index in [1.54, 1.807) is 6.07 Å². The van der Waals surface area contributed by atoms with E-state index in [2.05, 4.69) is 4.90 Å². The van der Waals surface area contributed by atoms with Gasteiger partial charge in [-0.15, -0.1) is 0 Å². The first-order chi connectivity index (χ1) is 9.11. The van der Waals surface area contributed by atoms with Crippen molar-refractivity contribution in [3.63, 3.8) is 0 Å². The van der Waals surface area contributed by atoms with E-state index in [4.69, 9.17) is 17.3 Å². The Balaban J connectivity index is 1.98. The maximum Gasteiger partial charge on any atom is 0.222 e. The number of nitrogens with zero attached hydrogens (tertiary/aromatic N) is 2. The zero-order chi connectivity index (χ0) is 13.8. The van der Waals surface area contributed by atoms with E-state index in [1.807, 2.05) is 24.0 Å². The highest BCUT2D eigenvalue weighted by Gasteiger charge is 2.21. The van der Waals surface area contributed by atoms with Gasteiger partial charge in [-0.2, -0.15) is 0 Å². The standard InChI is InChI=1S/C14H20ClN3O/c1-2-3-14(19)18-8-6-17(7-9-18)13-5-4-11(15)10-12(13)16/h4-5,10H,2-3,6-9,16H2,1H3. The van der Waals surface area contributed by atoms with Crippen LogP contribution in [0.15, 0.2) is 18.2 Å². The number of carbonyl (C=O) groups excluding carboxylic acids is 1. The number of carbonyl (C=O) groups is 1. The van der Waals surface area contributed by atoms with Crippen molar-refractivity contribution >= 4 is 28.9 Å². The number of anilines is 2. The summed E-state index contributed by atoms with van der Waals surface area (Å²) in [6.07, 6.45) is 1.55. The van der Waals surface area contributed by atoms with E-state index >= 15 is 0 Å². The minimum atomic E-state index is 0.256. The van der Waals surface area contributed by atoms with Crippen molar-refractivity contribution < 1.29 is 4.79 Å². The molecule has 2 rings (SSSR count). The monoisotopic (exact) mass is 281 g/mol. The van der Waals surface area contributed by atoms with E-state index in [0.29, 0.717) is 17.1 Å². The smallest absolute Gasteiger partial charge is 0.222 e. The first kappa shape index (κ1) is 14.0. The van der Waals surface area contributed by atoms with Crippen LogP contribution in [-0.4, -0.2) is 37.0 Å². The summed E-state index contributed by atoms with van der Waals surface area (Å²) in [4.78, 5) is 16.0. The summed E-state index contributed by atoms with van der Waals surface area (Å²) in [6, 6.07) is 5.56. The highest BCUT2D eigenvalue weighted by atomic mass is 35.5. The Kier molecular flexibility index (Phi) is 4.53. The second-order valence-electron chi connectivity index (χ2n) is 4.82. The summed E-state index contributed by atoms with van der Waals surface area (Å²) < 4.78 is 0. The maximum absolute atomic E-state index is 11.8. The van der Waals surface area contributed by atoms with Crippen LogP contribution in [0.5, 0.6) is 0 Å². The minimum absolute atomic E-state index is 0.256. The first-order valence-corrected chi connectivity index (χ1v) is 7.07. The molecule has 0 aliphatic carbocycles. The third-order valence-electron chi connectivity index (χ3n) is 3.43. The Morgan fingerprint density at radius 3 is 2.58 bits per heavy atom. The first-order valence-electron chi connectivity index (χ1n) is 6.69. The third kappa shape index (κ3) is 3.32. The fourth-order valence-electron chi connectivity index (χ4n) is 2.38. The number of piperazine rings is 1. The van der Waals surface area contributed by atoms with Crippen molar-refractivity contribution in [2.75, 3.05) is 36.8 Å². The van der Waals surface area contributed by atoms with E-state index in [9.17, 15) is 4.79 Å². The molecule has 19 heavy (non-hydrogen) atoms. The molecule has 1 saturated heterocycles. The average molecular weight is 282 g/mol. The molecule has 0 atom stereocenters. The summed E-state index contributed by atoms with van der Waals surface area (Å²) in [6.45, 7) is 5.20. The Hall–Kier alpha value is -1.42. The highest BCUT2D eigenvalue weighted by Crippen LogP contribution is 2.27. The molecule has 0 saturated carbocycles. The van der Waals surface area contributed by atoms with Crippen LogP contribution >= 0.6 is 11.6 Å². The molecule has 1 aliphatic rings. The van der Waals surface area contributed by atoms with Crippen LogP contribution < -0.4 is 10.6 Å². The molecular weight excluding hydrogens is 262 g/mol. The van der Waals surface area contributed by atoms with Gasteiger partial charge in [-0.3, -0.25) is 4.79 Å². The normalized spacial score (nSPS) is 15.7. The van der Waals surface area contributed by atoms with Crippen LogP contribution in [0.4, 0.5) is 11.4 Å². The summed E-state index contributed by atoms with van der Waals surface area (Å²) >= 11 is 5.90. The van der Waals surface area contributed by atoms with Crippen molar-refractivity contribution in [1.82, 2.24) is 4.90 Å². The van der Waals surface area contributed by atoms with Crippen molar-refractivity contribution in [2.45, 2.75) is 19.8 Å². The van der Waals surface area contributed by atoms with Gasteiger partial charge in [-0.05, 0) is 24.6 Å². The molecule has 1 amide bonds. The van der Waals surface area contributed by atoms with Gasteiger partial charge >= 0.3 is 0 Å². The quantitative estimate of drug-likeness (QED) is 0.866. The molecule has 2 N–H and O–H groups in total. The Labute approximate surface area is 119 Å². The summed E-state index contributed by atoms with van der Waals surface area (Å²) in [5, 5.41) is 0.651. The van der Waals surface area contributed by atoms with Gasteiger partial charge in [0.2, 0.25) is 5.91 Å². The lowest BCUT2D eigenvalue weighted by Crippen LogP contribution is -2.48. The number of nitrogen functional groups attached to an aromatic ring is 1. The van der Waals surface area contributed by atoms with E-state index in [1.165, 1.54) is 0 Å². The number of hydrogen-bond acceptors (Lipinski definition) is 3. The second-order valence-corrected chi connectivity index (χ2v) is 5.26. The molecule has 0 unspecified atom stereocenters. The fourth-order valence-corrected chi connectivity index (χ4v) is 2.56. The number of nitrogens with two attached hydrogens (primary N) is 1. The number of benzene rings is 1. The lowest BCUT2D eigenvalue weighted by atomic mass is 10.2. The van der Waals surface area contributed by atoms with Gasteiger partial charge < -0.3 is 15.5 Å². The number of rotatable bonds is 3. The van der Waals surface area contributed by atoms with Crippen LogP contribution in [0.1, 0.15) is 19.8 Å². The van der Waals surface area contributed by atoms with Gasteiger partial charge in [-0.25, -0.2) is 0 Å². The summed E-state index contributed by atoms with van der Waals surface area (Å²) in [5.41, 5.74) is 7.69. The SMILES string of the molecule is CCCC(=O)N1CCN(c2ccc(Cl)cc2N)CC1. The molecule has 1 aliphatic heterocycles. The van der Waals surface area contributed by atoms with Crippen LogP contribution in [0.25, 0.3) is 0 Å². The topological polar surface area (TPSA) is 49.6 Å². The van der Waals surface area contributed by atoms with Crippen molar-refractivity contribution in [1.29, 1.82) is 0 Å². The summed E-state index contributed by atoms with van der Waals surface area (Å²) in [5.74, 6) is 0.256. The molecule has 0 bridgehead atoms. The van der Waals surface area contributed by atoms with E-state index in [-0.39, 0.29) is 5.91 Å². The average Bonchev–Trinajstić information content (AvgIpc) is 2.39. The lowest BCUT2D eigenvalue weighted by Gasteiger charge is -2.36. The largest absolute Gasteiger partial charge is 0.397 e. The predicted molar refractivity (Wildman–Crippen MR) is 79.6 cm³/mol. The van der Waals surface area contributed by atoms with Crippen LogP contribution in [-0.2, 0) is 4.79 Å². The minimum Gasteiger partial charge on any atom is -0.397 e. The van der Waals surface area contributed by atoms with Gasteiger partial charge in [0.15, 0.2) is 0 Å². The predicted octanol–water partition coefficient (Wildman–Crippen LogP) is 2.37. The molecule has 1 aromatic carbocycles. The van der Waals surface area contributed by atoms with Gasteiger partial charge in [-0.1, -0.05) is 18.5 Å². The molecule has 0 radical (unpaired) electrons. The number of hydrogen-bond donors (Lipinski definition) is 1. The van der Waals surface area contributed by atoms with Crippen molar-refractivity contribution in [2.24, 2.45) is 0 Å². The van der Waals surface area contributed by atoms with E-state index < -0.39 is 0 Å².